The van der Waals surface area contributed by atoms with Crippen molar-refractivity contribution in [1.82, 2.24) is 24.5 Å². The SMILES string of the molecule is CCS(=O)(=O)CCn1c([C@H](C)NC(=O)c2c(N)nn3cccnc23)cc2cccc(Cl)c2c1=O. The Bertz CT molecular complexity index is 1580. The fourth-order valence-corrected chi connectivity index (χ4v) is 4.82. The van der Waals surface area contributed by atoms with Crippen LogP contribution in [0.1, 0.15) is 35.9 Å². The normalized spacial score (nSPS) is 12.8. The number of hydrogen-bond donors (Lipinski definition) is 2. The number of rotatable bonds is 7. The Hall–Kier alpha value is -3.44. The van der Waals surface area contributed by atoms with Crippen molar-refractivity contribution in [2.45, 2.75) is 26.4 Å². The van der Waals surface area contributed by atoms with Gasteiger partial charge in [0.2, 0.25) is 0 Å². The third-order valence-corrected chi connectivity index (χ3v) is 7.63. The molecule has 0 aliphatic rings. The molecule has 1 atom stereocenters. The summed E-state index contributed by atoms with van der Waals surface area (Å²) in [6.45, 7) is 3.17. The fourth-order valence-electron chi connectivity index (χ4n) is 3.80. The molecule has 3 aromatic heterocycles. The molecule has 3 N–H and O–H groups in total. The second kappa shape index (κ2) is 9.07. The van der Waals surface area contributed by atoms with Crippen LogP contribution in [0.4, 0.5) is 5.82 Å². The number of aromatic nitrogens is 4. The van der Waals surface area contributed by atoms with E-state index in [1.807, 2.05) is 0 Å². The van der Waals surface area contributed by atoms with Gasteiger partial charge in [-0.15, -0.1) is 5.10 Å². The van der Waals surface area contributed by atoms with Crippen LogP contribution in [-0.4, -0.2) is 45.0 Å². The van der Waals surface area contributed by atoms with Crippen molar-refractivity contribution in [2.24, 2.45) is 0 Å². The number of nitrogens with one attached hydrogen (secondary N) is 1. The third kappa shape index (κ3) is 4.36. The first-order valence-electron chi connectivity index (χ1n) is 10.5. The maximum absolute atomic E-state index is 13.4. The molecule has 0 fully saturated rings. The summed E-state index contributed by atoms with van der Waals surface area (Å²) in [5.74, 6) is -0.776. The molecule has 0 radical (unpaired) electrons. The van der Waals surface area contributed by atoms with E-state index in [0.717, 1.165) is 0 Å². The van der Waals surface area contributed by atoms with Crippen LogP contribution >= 0.6 is 11.6 Å². The minimum absolute atomic E-state index is 0.0140. The highest BCUT2D eigenvalue weighted by Crippen LogP contribution is 2.24. The van der Waals surface area contributed by atoms with Gasteiger partial charge in [-0.1, -0.05) is 30.7 Å². The number of pyridine rings is 1. The number of benzene rings is 1. The van der Waals surface area contributed by atoms with Crippen LogP contribution in [-0.2, 0) is 16.4 Å². The van der Waals surface area contributed by atoms with E-state index < -0.39 is 27.3 Å². The third-order valence-electron chi connectivity index (χ3n) is 5.63. The summed E-state index contributed by atoms with van der Waals surface area (Å²) in [4.78, 5) is 30.6. The zero-order valence-corrected chi connectivity index (χ0v) is 20.1. The maximum atomic E-state index is 13.4. The molecule has 3 heterocycles. The van der Waals surface area contributed by atoms with Crippen molar-refractivity contribution in [3.8, 4) is 0 Å². The summed E-state index contributed by atoms with van der Waals surface area (Å²) in [6.07, 6.45) is 3.15. The van der Waals surface area contributed by atoms with Crippen LogP contribution in [0.25, 0.3) is 16.4 Å². The molecule has 0 aliphatic carbocycles. The molecule has 4 aromatic rings. The van der Waals surface area contributed by atoms with E-state index in [1.54, 1.807) is 50.4 Å². The van der Waals surface area contributed by atoms with Gasteiger partial charge in [0.15, 0.2) is 21.3 Å². The van der Waals surface area contributed by atoms with Gasteiger partial charge in [-0.3, -0.25) is 9.59 Å². The van der Waals surface area contributed by atoms with Gasteiger partial charge in [0, 0.05) is 30.4 Å². The standard InChI is InChI=1S/C22H23ClN6O4S/c1-3-34(32,33)11-10-28-16(12-14-6-4-7-15(23)17(14)22(28)31)13(2)26-21(30)18-19(24)27-29-9-5-8-25-20(18)29/h4-9,12-13H,3,10-11H2,1-2H3,(H2,24,27)(H,26,30)/t13-/m0/s1. The number of hydrogen-bond acceptors (Lipinski definition) is 7. The van der Waals surface area contributed by atoms with Gasteiger partial charge < -0.3 is 15.6 Å². The molecule has 0 bridgehead atoms. The van der Waals surface area contributed by atoms with Crippen molar-refractivity contribution < 1.29 is 13.2 Å². The van der Waals surface area contributed by atoms with E-state index in [-0.39, 0.29) is 39.8 Å². The summed E-state index contributed by atoms with van der Waals surface area (Å²) in [5, 5.41) is 8.07. The van der Waals surface area contributed by atoms with E-state index in [9.17, 15) is 18.0 Å². The van der Waals surface area contributed by atoms with E-state index >= 15 is 0 Å². The van der Waals surface area contributed by atoms with Gasteiger partial charge in [-0.05, 0) is 30.5 Å². The minimum atomic E-state index is -3.34. The highest BCUT2D eigenvalue weighted by Gasteiger charge is 2.24. The largest absolute Gasteiger partial charge is 0.381 e. The second-order valence-corrected chi connectivity index (χ2v) is 10.7. The molecule has 10 nitrogen and oxygen atoms in total. The highest BCUT2D eigenvalue weighted by atomic mass is 35.5. The van der Waals surface area contributed by atoms with Gasteiger partial charge >= 0.3 is 0 Å². The molecule has 34 heavy (non-hydrogen) atoms. The number of carbonyl (C=O) groups is 1. The monoisotopic (exact) mass is 502 g/mol. The first kappa shape index (κ1) is 23.7. The van der Waals surface area contributed by atoms with Gasteiger partial charge in [-0.2, -0.15) is 0 Å². The topological polar surface area (TPSA) is 141 Å². The van der Waals surface area contributed by atoms with Crippen molar-refractivity contribution >= 4 is 49.6 Å². The van der Waals surface area contributed by atoms with Gasteiger partial charge in [0.05, 0.1) is 22.2 Å². The van der Waals surface area contributed by atoms with E-state index in [1.165, 1.54) is 15.3 Å². The number of anilines is 1. The first-order chi connectivity index (χ1) is 16.1. The molecule has 0 unspecified atom stereocenters. The molecular formula is C22H23ClN6O4S. The van der Waals surface area contributed by atoms with E-state index in [2.05, 4.69) is 15.4 Å². The van der Waals surface area contributed by atoms with Crippen LogP contribution in [0.15, 0.2) is 47.5 Å². The van der Waals surface area contributed by atoms with Crippen molar-refractivity contribution in [3.63, 3.8) is 0 Å². The molecule has 1 amide bonds. The van der Waals surface area contributed by atoms with Gasteiger partial charge in [-0.25, -0.2) is 17.9 Å². The summed E-state index contributed by atoms with van der Waals surface area (Å²) in [7, 11) is -3.34. The maximum Gasteiger partial charge on any atom is 0.260 e. The Morgan fingerprint density at radius 3 is 2.79 bits per heavy atom. The molecule has 0 aliphatic heterocycles. The number of nitrogens with two attached hydrogens (primary N) is 1. The molecule has 178 valence electrons. The Morgan fingerprint density at radius 1 is 1.29 bits per heavy atom. The fraction of sp³-hybridized carbons (Fsp3) is 0.273. The summed E-state index contributed by atoms with van der Waals surface area (Å²) in [5.41, 5.74) is 6.36. The zero-order valence-electron chi connectivity index (χ0n) is 18.5. The number of nitrogens with zero attached hydrogens (tertiary/aromatic N) is 4. The summed E-state index contributed by atoms with van der Waals surface area (Å²) < 4.78 is 27.1. The van der Waals surface area contributed by atoms with Gasteiger partial charge in [0.25, 0.3) is 11.5 Å². The predicted molar refractivity (Wildman–Crippen MR) is 131 cm³/mol. The predicted octanol–water partition coefficient (Wildman–Crippen LogP) is 2.21. The minimum Gasteiger partial charge on any atom is -0.381 e. The van der Waals surface area contributed by atoms with Gasteiger partial charge in [0.1, 0.15) is 5.56 Å². The second-order valence-electron chi connectivity index (χ2n) is 7.81. The molecule has 0 spiro atoms. The smallest absolute Gasteiger partial charge is 0.260 e. The van der Waals surface area contributed by atoms with Crippen LogP contribution in [0, 0.1) is 0 Å². The molecule has 0 saturated carbocycles. The number of fused-ring (bicyclic) bond motifs is 2. The Kier molecular flexibility index (Phi) is 6.32. The molecule has 0 saturated heterocycles. The van der Waals surface area contributed by atoms with Crippen molar-refractivity contribution in [2.75, 3.05) is 17.2 Å². The number of amides is 1. The molecular weight excluding hydrogens is 480 g/mol. The van der Waals surface area contributed by atoms with Crippen LogP contribution < -0.4 is 16.6 Å². The average molecular weight is 503 g/mol. The van der Waals surface area contributed by atoms with Crippen molar-refractivity contribution in [1.29, 1.82) is 0 Å². The number of sulfone groups is 1. The van der Waals surface area contributed by atoms with Crippen LogP contribution in [0.5, 0.6) is 0 Å². The van der Waals surface area contributed by atoms with Crippen molar-refractivity contribution in [3.05, 3.63) is 69.4 Å². The average Bonchev–Trinajstić information content (AvgIpc) is 3.13. The summed E-state index contributed by atoms with van der Waals surface area (Å²) >= 11 is 6.28. The summed E-state index contributed by atoms with van der Waals surface area (Å²) in [6, 6.07) is 7.77. The highest BCUT2D eigenvalue weighted by molar-refractivity contribution is 7.91. The Balaban J connectivity index is 1.77. The molecule has 12 heteroatoms. The Labute approximate surface area is 200 Å². The van der Waals surface area contributed by atoms with E-state index in [4.69, 9.17) is 17.3 Å². The number of carbonyl (C=O) groups excluding carboxylic acids is 1. The first-order valence-corrected chi connectivity index (χ1v) is 12.7. The van der Waals surface area contributed by atoms with E-state index in [0.29, 0.717) is 16.7 Å². The number of halogens is 1. The molecule has 1 aromatic carbocycles. The van der Waals surface area contributed by atoms with Crippen LogP contribution in [0.2, 0.25) is 5.02 Å². The lowest BCUT2D eigenvalue weighted by Gasteiger charge is -2.21. The lowest BCUT2D eigenvalue weighted by Crippen LogP contribution is -2.34. The lowest BCUT2D eigenvalue weighted by molar-refractivity contribution is 0.0940. The molecule has 4 rings (SSSR count). The quantitative estimate of drug-likeness (QED) is 0.394. The zero-order chi connectivity index (χ0) is 24.6. The number of nitrogen functional groups attached to an aromatic ring is 1. The lowest BCUT2D eigenvalue weighted by atomic mass is 10.1. The van der Waals surface area contributed by atoms with Crippen LogP contribution in [0.3, 0.4) is 0 Å². The Morgan fingerprint density at radius 2 is 2.06 bits per heavy atom.